The summed E-state index contributed by atoms with van der Waals surface area (Å²) in [6.45, 7) is 5.71. The number of hydrogen-bond acceptors (Lipinski definition) is 3. The highest BCUT2D eigenvalue weighted by Crippen LogP contribution is 2.15. The van der Waals surface area contributed by atoms with Crippen molar-refractivity contribution in [3.05, 3.63) is 28.5 Å². The Morgan fingerprint density at radius 1 is 1.47 bits per heavy atom. The van der Waals surface area contributed by atoms with Crippen LogP contribution in [0.3, 0.4) is 0 Å². The maximum Gasteiger partial charge on any atom is 0.305 e. The Bertz CT molecular complexity index is 471. The fourth-order valence-corrected chi connectivity index (χ4v) is 2.19. The molecular weight excluding hydrogens is 268 g/mol. The molecule has 0 saturated heterocycles. The highest BCUT2D eigenvalue weighted by atomic mass is 35.5. The Balaban J connectivity index is 2.97. The molecule has 0 radical (unpaired) electrons. The molecule has 1 aromatic rings. The number of rotatable bonds is 5. The third kappa shape index (κ3) is 4.21. The molecule has 19 heavy (non-hydrogen) atoms. The van der Waals surface area contributed by atoms with Gasteiger partial charge in [-0.2, -0.15) is 0 Å². The van der Waals surface area contributed by atoms with Gasteiger partial charge in [0.25, 0.3) is 5.91 Å². The van der Waals surface area contributed by atoms with Crippen molar-refractivity contribution in [3.8, 4) is 0 Å². The summed E-state index contributed by atoms with van der Waals surface area (Å²) >= 11 is 5.83. The second-order valence-electron chi connectivity index (χ2n) is 4.36. The van der Waals surface area contributed by atoms with Gasteiger partial charge in [0.05, 0.1) is 6.42 Å². The second-order valence-corrected chi connectivity index (χ2v) is 4.75. The van der Waals surface area contributed by atoms with Gasteiger partial charge < -0.3 is 10.0 Å². The molecule has 1 heterocycles. The first-order valence-corrected chi connectivity index (χ1v) is 6.40. The van der Waals surface area contributed by atoms with E-state index < -0.39 is 5.97 Å². The molecule has 6 heteroatoms. The van der Waals surface area contributed by atoms with Crippen molar-refractivity contribution in [1.82, 2.24) is 9.88 Å². The lowest BCUT2D eigenvalue weighted by atomic mass is 10.1. The summed E-state index contributed by atoms with van der Waals surface area (Å²) in [6.07, 6.45) is -0.0859. The van der Waals surface area contributed by atoms with Gasteiger partial charge in [-0.05, 0) is 32.9 Å². The van der Waals surface area contributed by atoms with Crippen LogP contribution < -0.4 is 0 Å². The van der Waals surface area contributed by atoms with Crippen molar-refractivity contribution in [3.63, 3.8) is 0 Å². The lowest BCUT2D eigenvalue weighted by Gasteiger charge is -2.27. The molecule has 1 atom stereocenters. The standard InChI is InChI=1S/C13H17ClN2O3/c1-4-16(9(3)6-12(17)18)13(19)10-5-8(2)15-11(14)7-10/h5,7,9H,4,6H2,1-3H3,(H,17,18). The molecule has 1 aromatic heterocycles. The maximum absolute atomic E-state index is 12.3. The summed E-state index contributed by atoms with van der Waals surface area (Å²) in [5.74, 6) is -1.16. The molecule has 0 fully saturated rings. The number of carboxylic acid groups (broad SMARTS) is 1. The molecule has 1 rings (SSSR count). The van der Waals surface area contributed by atoms with Crippen molar-refractivity contribution in [2.75, 3.05) is 6.54 Å². The first-order chi connectivity index (χ1) is 8.85. The van der Waals surface area contributed by atoms with Crippen LogP contribution >= 0.6 is 11.6 Å². The van der Waals surface area contributed by atoms with Crippen LogP contribution in [-0.2, 0) is 4.79 Å². The molecule has 1 N–H and O–H groups in total. The largest absolute Gasteiger partial charge is 0.481 e. The Morgan fingerprint density at radius 2 is 2.11 bits per heavy atom. The molecule has 0 aliphatic heterocycles. The van der Waals surface area contributed by atoms with E-state index >= 15 is 0 Å². The van der Waals surface area contributed by atoms with Crippen LogP contribution in [0.5, 0.6) is 0 Å². The third-order valence-electron chi connectivity index (χ3n) is 2.77. The lowest BCUT2D eigenvalue weighted by Crippen LogP contribution is -2.39. The summed E-state index contributed by atoms with van der Waals surface area (Å²) in [5.41, 5.74) is 1.08. The van der Waals surface area contributed by atoms with Crippen molar-refractivity contribution < 1.29 is 14.7 Å². The molecule has 0 aliphatic rings. The topological polar surface area (TPSA) is 70.5 Å². The summed E-state index contributed by atoms with van der Waals surface area (Å²) in [4.78, 5) is 28.6. The third-order valence-corrected chi connectivity index (χ3v) is 2.97. The highest BCUT2D eigenvalue weighted by Gasteiger charge is 2.22. The van der Waals surface area contributed by atoms with Gasteiger partial charge in [-0.1, -0.05) is 11.6 Å². The van der Waals surface area contributed by atoms with E-state index in [2.05, 4.69) is 4.98 Å². The van der Waals surface area contributed by atoms with Gasteiger partial charge in [0.15, 0.2) is 0 Å². The zero-order valence-corrected chi connectivity index (χ0v) is 11.9. The monoisotopic (exact) mass is 284 g/mol. The van der Waals surface area contributed by atoms with Crippen LogP contribution in [0, 0.1) is 6.92 Å². The number of aliphatic carboxylic acids is 1. The van der Waals surface area contributed by atoms with E-state index in [-0.39, 0.29) is 23.5 Å². The van der Waals surface area contributed by atoms with Crippen LogP contribution in [0.4, 0.5) is 0 Å². The van der Waals surface area contributed by atoms with E-state index in [0.717, 1.165) is 0 Å². The highest BCUT2D eigenvalue weighted by molar-refractivity contribution is 6.29. The van der Waals surface area contributed by atoms with Gasteiger partial charge in [-0.25, -0.2) is 4.98 Å². The summed E-state index contributed by atoms with van der Waals surface area (Å²) in [5, 5.41) is 9.05. The minimum Gasteiger partial charge on any atom is -0.481 e. The van der Waals surface area contributed by atoms with Crippen LogP contribution in [0.25, 0.3) is 0 Å². The molecule has 1 unspecified atom stereocenters. The molecule has 0 aliphatic carbocycles. The molecule has 0 aromatic carbocycles. The zero-order chi connectivity index (χ0) is 14.6. The molecule has 104 valence electrons. The number of aromatic nitrogens is 1. The number of nitrogens with zero attached hydrogens (tertiary/aromatic N) is 2. The number of carbonyl (C=O) groups excluding carboxylic acids is 1. The predicted octanol–water partition coefficient (Wildman–Crippen LogP) is 2.37. The van der Waals surface area contributed by atoms with E-state index in [1.165, 1.54) is 11.0 Å². The SMILES string of the molecule is CCN(C(=O)c1cc(C)nc(Cl)c1)C(C)CC(=O)O. The van der Waals surface area contributed by atoms with Crippen LogP contribution in [0.2, 0.25) is 5.15 Å². The Morgan fingerprint density at radius 3 is 2.58 bits per heavy atom. The van der Waals surface area contributed by atoms with Crippen molar-refractivity contribution in [2.24, 2.45) is 0 Å². The fourth-order valence-electron chi connectivity index (χ4n) is 1.94. The van der Waals surface area contributed by atoms with Crippen molar-refractivity contribution in [2.45, 2.75) is 33.2 Å². The maximum atomic E-state index is 12.3. The Kier molecular flexibility index (Phi) is 5.30. The summed E-state index contributed by atoms with van der Waals surface area (Å²) in [6, 6.07) is 2.76. The molecule has 1 amide bonds. The van der Waals surface area contributed by atoms with E-state index in [4.69, 9.17) is 16.7 Å². The molecular formula is C13H17ClN2O3. The van der Waals surface area contributed by atoms with Gasteiger partial charge in [0.2, 0.25) is 0 Å². The molecule has 0 bridgehead atoms. The number of aryl methyl sites for hydroxylation is 1. The summed E-state index contributed by atoms with van der Waals surface area (Å²) in [7, 11) is 0. The van der Waals surface area contributed by atoms with Gasteiger partial charge in [-0.3, -0.25) is 9.59 Å². The minimum atomic E-state index is -0.928. The average Bonchev–Trinajstić information content (AvgIpc) is 2.27. The number of halogens is 1. The fraction of sp³-hybridized carbons (Fsp3) is 0.462. The van der Waals surface area contributed by atoms with Crippen LogP contribution in [0.15, 0.2) is 12.1 Å². The Hall–Kier alpha value is -1.62. The molecule has 0 saturated carbocycles. The average molecular weight is 285 g/mol. The van der Waals surface area contributed by atoms with E-state index in [0.29, 0.717) is 17.8 Å². The second kappa shape index (κ2) is 6.52. The summed E-state index contributed by atoms with van der Waals surface area (Å²) < 4.78 is 0. The van der Waals surface area contributed by atoms with Gasteiger partial charge in [0.1, 0.15) is 5.15 Å². The van der Waals surface area contributed by atoms with E-state index in [1.54, 1.807) is 19.9 Å². The van der Waals surface area contributed by atoms with Crippen LogP contribution in [-0.4, -0.2) is 39.5 Å². The number of carboxylic acids is 1. The normalized spacial score (nSPS) is 12.0. The molecule has 0 spiro atoms. The van der Waals surface area contributed by atoms with E-state index in [9.17, 15) is 9.59 Å². The lowest BCUT2D eigenvalue weighted by molar-refractivity contribution is -0.138. The predicted molar refractivity (Wildman–Crippen MR) is 72.4 cm³/mol. The zero-order valence-electron chi connectivity index (χ0n) is 11.2. The van der Waals surface area contributed by atoms with Crippen LogP contribution in [0.1, 0.15) is 36.3 Å². The van der Waals surface area contributed by atoms with Crippen molar-refractivity contribution >= 4 is 23.5 Å². The first-order valence-electron chi connectivity index (χ1n) is 6.02. The van der Waals surface area contributed by atoms with Gasteiger partial charge in [0, 0.05) is 23.8 Å². The smallest absolute Gasteiger partial charge is 0.305 e. The van der Waals surface area contributed by atoms with Gasteiger partial charge >= 0.3 is 5.97 Å². The first kappa shape index (κ1) is 15.4. The number of amides is 1. The molecule has 5 nitrogen and oxygen atoms in total. The number of hydrogen-bond donors (Lipinski definition) is 1. The number of carbonyl (C=O) groups is 2. The number of pyridine rings is 1. The quantitative estimate of drug-likeness (QED) is 0.843. The van der Waals surface area contributed by atoms with Crippen molar-refractivity contribution in [1.29, 1.82) is 0 Å². The van der Waals surface area contributed by atoms with E-state index in [1.807, 2.05) is 6.92 Å². The Labute approximate surface area is 117 Å². The minimum absolute atomic E-state index is 0.0859. The van der Waals surface area contributed by atoms with Gasteiger partial charge in [-0.15, -0.1) is 0 Å².